The van der Waals surface area contributed by atoms with Crippen LogP contribution in [0.15, 0.2) is 18.2 Å². The maximum absolute atomic E-state index is 13.3. The van der Waals surface area contributed by atoms with Gasteiger partial charge in [0.25, 0.3) is 0 Å². The molecule has 0 amide bonds. The zero-order valence-electron chi connectivity index (χ0n) is 8.05. The molecule has 0 aliphatic rings. The van der Waals surface area contributed by atoms with Gasteiger partial charge in [-0.2, -0.15) is 18.4 Å². The summed E-state index contributed by atoms with van der Waals surface area (Å²) in [5, 5.41) is 8.34. The predicted octanol–water partition coefficient (Wildman–Crippen LogP) is 2.76. The van der Waals surface area contributed by atoms with Gasteiger partial charge in [-0.05, 0) is 12.1 Å². The van der Waals surface area contributed by atoms with E-state index in [9.17, 15) is 17.6 Å². The molecule has 6 heteroatoms. The van der Waals surface area contributed by atoms with Crippen LogP contribution in [0.4, 0.5) is 17.6 Å². The Labute approximate surface area is 89.3 Å². The first-order chi connectivity index (χ1) is 7.36. The number of benzene rings is 1. The molecule has 0 saturated carbocycles. The van der Waals surface area contributed by atoms with Crippen LogP contribution in [0, 0.1) is 17.1 Å². The van der Waals surface area contributed by atoms with Crippen LogP contribution < -0.4 is 5.73 Å². The van der Waals surface area contributed by atoms with Crippen molar-refractivity contribution in [2.24, 2.45) is 5.73 Å². The lowest BCUT2D eigenvalue weighted by molar-refractivity contribution is -0.137. The number of nitriles is 1. The highest BCUT2D eigenvalue weighted by molar-refractivity contribution is 5.28. The quantitative estimate of drug-likeness (QED) is 0.797. The van der Waals surface area contributed by atoms with Crippen molar-refractivity contribution < 1.29 is 17.6 Å². The molecule has 0 spiro atoms. The molecule has 0 aliphatic heterocycles. The molecular weight excluding hydrogens is 224 g/mol. The standard InChI is InChI=1S/C10H8F4N2/c11-8-5-6(10(12,13)14)1-2-7(8)9(16)3-4-15/h1-2,5,9H,3,16H2/t9-/m1/s1. The fraction of sp³-hybridized carbons (Fsp3) is 0.300. The van der Waals surface area contributed by atoms with E-state index in [0.29, 0.717) is 6.07 Å². The molecule has 1 aromatic rings. The molecule has 2 nitrogen and oxygen atoms in total. The first-order valence-corrected chi connectivity index (χ1v) is 4.35. The van der Waals surface area contributed by atoms with Gasteiger partial charge in [-0.1, -0.05) is 6.07 Å². The largest absolute Gasteiger partial charge is 0.416 e. The van der Waals surface area contributed by atoms with Crippen molar-refractivity contribution in [3.8, 4) is 6.07 Å². The predicted molar refractivity (Wildman–Crippen MR) is 48.6 cm³/mol. The van der Waals surface area contributed by atoms with E-state index in [1.54, 1.807) is 6.07 Å². The molecule has 1 aromatic carbocycles. The zero-order chi connectivity index (χ0) is 12.3. The van der Waals surface area contributed by atoms with Gasteiger partial charge < -0.3 is 5.73 Å². The molecule has 0 bridgehead atoms. The Hall–Kier alpha value is -1.61. The summed E-state index contributed by atoms with van der Waals surface area (Å²) in [7, 11) is 0. The molecule has 2 N–H and O–H groups in total. The van der Waals surface area contributed by atoms with Gasteiger partial charge in [-0.15, -0.1) is 0 Å². The van der Waals surface area contributed by atoms with Crippen molar-refractivity contribution in [3.05, 3.63) is 35.1 Å². The highest BCUT2D eigenvalue weighted by Crippen LogP contribution is 2.31. The monoisotopic (exact) mass is 232 g/mol. The van der Waals surface area contributed by atoms with Crippen LogP contribution in [0.2, 0.25) is 0 Å². The van der Waals surface area contributed by atoms with Crippen molar-refractivity contribution in [1.82, 2.24) is 0 Å². The third-order valence-electron chi connectivity index (χ3n) is 2.04. The third kappa shape index (κ3) is 2.70. The van der Waals surface area contributed by atoms with Crippen molar-refractivity contribution in [1.29, 1.82) is 5.26 Å². The summed E-state index contributed by atoms with van der Waals surface area (Å²) in [4.78, 5) is 0. The van der Waals surface area contributed by atoms with E-state index < -0.39 is 23.6 Å². The highest BCUT2D eigenvalue weighted by atomic mass is 19.4. The van der Waals surface area contributed by atoms with Crippen LogP contribution in [-0.4, -0.2) is 0 Å². The van der Waals surface area contributed by atoms with E-state index >= 15 is 0 Å². The van der Waals surface area contributed by atoms with Crippen molar-refractivity contribution >= 4 is 0 Å². The van der Waals surface area contributed by atoms with Gasteiger partial charge in [0.1, 0.15) is 5.82 Å². The molecule has 0 heterocycles. The van der Waals surface area contributed by atoms with E-state index in [-0.39, 0.29) is 12.0 Å². The summed E-state index contributed by atoms with van der Waals surface area (Å²) >= 11 is 0. The number of hydrogen-bond acceptors (Lipinski definition) is 2. The smallest absolute Gasteiger partial charge is 0.323 e. The first kappa shape index (κ1) is 12.5. The lowest BCUT2D eigenvalue weighted by Gasteiger charge is -2.12. The summed E-state index contributed by atoms with van der Waals surface area (Å²) in [6, 6.07) is 2.90. The number of halogens is 4. The SMILES string of the molecule is N#CC[C@@H](N)c1ccc(C(F)(F)F)cc1F. The number of nitrogens with zero attached hydrogens (tertiary/aromatic N) is 1. The fourth-order valence-corrected chi connectivity index (χ4v) is 1.21. The number of nitrogens with two attached hydrogens (primary N) is 1. The second-order valence-electron chi connectivity index (χ2n) is 3.20. The van der Waals surface area contributed by atoms with Crippen LogP contribution in [0.5, 0.6) is 0 Å². The molecule has 0 unspecified atom stereocenters. The summed E-state index contributed by atoms with van der Waals surface area (Å²) in [5.74, 6) is -1.04. The van der Waals surface area contributed by atoms with Crippen LogP contribution in [-0.2, 0) is 6.18 Å². The summed E-state index contributed by atoms with van der Waals surface area (Å²) in [6.07, 6.45) is -4.74. The van der Waals surface area contributed by atoms with E-state index in [1.807, 2.05) is 0 Å². The van der Waals surface area contributed by atoms with Gasteiger partial charge >= 0.3 is 6.18 Å². The van der Waals surface area contributed by atoms with E-state index in [1.165, 1.54) is 0 Å². The molecule has 86 valence electrons. The molecular formula is C10H8F4N2. The summed E-state index contributed by atoms with van der Waals surface area (Å²) < 4.78 is 49.9. The molecule has 0 fully saturated rings. The van der Waals surface area contributed by atoms with E-state index in [2.05, 4.69) is 0 Å². The Morgan fingerprint density at radius 2 is 2.00 bits per heavy atom. The van der Waals surface area contributed by atoms with Crippen LogP contribution in [0.25, 0.3) is 0 Å². The molecule has 0 radical (unpaired) electrons. The van der Waals surface area contributed by atoms with E-state index in [4.69, 9.17) is 11.0 Å². The second kappa shape index (κ2) is 4.49. The molecule has 0 aromatic heterocycles. The van der Waals surface area contributed by atoms with Gasteiger partial charge in [0, 0.05) is 11.6 Å². The van der Waals surface area contributed by atoms with Crippen LogP contribution >= 0.6 is 0 Å². The van der Waals surface area contributed by atoms with Crippen LogP contribution in [0.3, 0.4) is 0 Å². The molecule has 0 saturated heterocycles. The molecule has 1 rings (SSSR count). The maximum Gasteiger partial charge on any atom is 0.416 e. The first-order valence-electron chi connectivity index (χ1n) is 4.35. The van der Waals surface area contributed by atoms with Gasteiger partial charge in [-0.25, -0.2) is 4.39 Å². The highest BCUT2D eigenvalue weighted by Gasteiger charge is 2.31. The fourth-order valence-electron chi connectivity index (χ4n) is 1.21. The number of alkyl halides is 3. The van der Waals surface area contributed by atoms with Crippen molar-refractivity contribution in [2.75, 3.05) is 0 Å². The average molecular weight is 232 g/mol. The zero-order valence-corrected chi connectivity index (χ0v) is 8.05. The Bertz CT molecular complexity index is 420. The number of rotatable bonds is 2. The molecule has 16 heavy (non-hydrogen) atoms. The van der Waals surface area contributed by atoms with Crippen molar-refractivity contribution in [2.45, 2.75) is 18.6 Å². The Balaban J connectivity index is 3.06. The van der Waals surface area contributed by atoms with Crippen molar-refractivity contribution in [3.63, 3.8) is 0 Å². The van der Waals surface area contributed by atoms with Gasteiger partial charge in [0.2, 0.25) is 0 Å². The lowest BCUT2D eigenvalue weighted by Crippen LogP contribution is -2.13. The normalized spacial score (nSPS) is 13.2. The molecule has 1 atom stereocenters. The van der Waals surface area contributed by atoms with Crippen LogP contribution in [0.1, 0.15) is 23.6 Å². The topological polar surface area (TPSA) is 49.8 Å². The minimum Gasteiger partial charge on any atom is -0.323 e. The Kier molecular flexibility index (Phi) is 3.50. The van der Waals surface area contributed by atoms with Gasteiger partial charge in [0.15, 0.2) is 0 Å². The third-order valence-corrected chi connectivity index (χ3v) is 2.04. The summed E-state index contributed by atoms with van der Waals surface area (Å²) in [6.45, 7) is 0. The second-order valence-corrected chi connectivity index (χ2v) is 3.20. The van der Waals surface area contributed by atoms with E-state index in [0.717, 1.165) is 12.1 Å². The Morgan fingerprint density at radius 3 is 2.44 bits per heavy atom. The van der Waals surface area contributed by atoms with Gasteiger partial charge in [0.05, 0.1) is 18.1 Å². The number of hydrogen-bond donors (Lipinski definition) is 1. The minimum absolute atomic E-state index is 0.0884. The molecule has 0 aliphatic carbocycles. The maximum atomic E-state index is 13.3. The minimum atomic E-state index is -4.58. The Morgan fingerprint density at radius 1 is 1.38 bits per heavy atom. The average Bonchev–Trinajstić information content (AvgIpc) is 2.16. The summed E-state index contributed by atoms with van der Waals surface area (Å²) in [5.41, 5.74) is 4.26. The van der Waals surface area contributed by atoms with Gasteiger partial charge in [-0.3, -0.25) is 0 Å². The lowest BCUT2D eigenvalue weighted by atomic mass is 10.0.